The van der Waals surface area contributed by atoms with Crippen molar-refractivity contribution < 1.29 is 5.11 Å². The first-order chi connectivity index (χ1) is 9.56. The van der Waals surface area contributed by atoms with Crippen molar-refractivity contribution in [3.05, 3.63) is 34.9 Å². The highest BCUT2D eigenvalue weighted by Gasteiger charge is 1.93. The molecule has 0 aromatic carbocycles. The summed E-state index contributed by atoms with van der Waals surface area (Å²) in [5.41, 5.74) is 4.25. The average molecular weight is 278 g/mol. The topological polar surface area (TPSA) is 20.2 Å². The number of hydrogen-bond donors (Lipinski definition) is 1. The third-order valence-corrected chi connectivity index (χ3v) is 3.55. The summed E-state index contributed by atoms with van der Waals surface area (Å²) in [7, 11) is 0. The van der Waals surface area contributed by atoms with Crippen LogP contribution in [-0.4, -0.2) is 11.7 Å². The lowest BCUT2D eigenvalue weighted by Crippen LogP contribution is -1.84. The van der Waals surface area contributed by atoms with Crippen molar-refractivity contribution in [1.82, 2.24) is 0 Å². The molecule has 0 aliphatic carbocycles. The number of aliphatic hydroxyl groups is 1. The normalized spacial score (nSPS) is 12.7. The largest absolute Gasteiger partial charge is 0.392 e. The van der Waals surface area contributed by atoms with Crippen LogP contribution in [0.3, 0.4) is 0 Å². The summed E-state index contributed by atoms with van der Waals surface area (Å²) in [5.74, 6) is 0. The quantitative estimate of drug-likeness (QED) is 0.365. The van der Waals surface area contributed by atoms with E-state index in [-0.39, 0.29) is 6.61 Å². The van der Waals surface area contributed by atoms with Gasteiger partial charge in [-0.1, -0.05) is 47.8 Å². The Kier molecular flexibility index (Phi) is 12.6. The molecule has 0 rings (SSSR count). The van der Waals surface area contributed by atoms with Crippen molar-refractivity contribution in [3.63, 3.8) is 0 Å². The standard InChI is InChI=1S/C19H34O/c1-17(2)11-8-6-5-7-9-12-18(3)13-10-14-19(4)15-16-20/h11,13,15,20H,5-10,12,14,16H2,1-4H3/b18-13+,19-15+. The van der Waals surface area contributed by atoms with E-state index in [1.807, 2.05) is 6.08 Å². The van der Waals surface area contributed by atoms with E-state index >= 15 is 0 Å². The fourth-order valence-electron chi connectivity index (χ4n) is 2.20. The lowest BCUT2D eigenvalue weighted by molar-refractivity contribution is 0.341. The van der Waals surface area contributed by atoms with Gasteiger partial charge < -0.3 is 5.11 Å². The number of aliphatic hydroxyl groups excluding tert-OH is 1. The van der Waals surface area contributed by atoms with Crippen LogP contribution < -0.4 is 0 Å². The van der Waals surface area contributed by atoms with Gasteiger partial charge in [-0.05, 0) is 66.2 Å². The molecule has 20 heavy (non-hydrogen) atoms. The average Bonchev–Trinajstić information content (AvgIpc) is 2.37. The Hall–Kier alpha value is -0.820. The Balaban J connectivity index is 3.55. The van der Waals surface area contributed by atoms with Gasteiger partial charge in [0.2, 0.25) is 0 Å². The number of rotatable bonds is 11. The molecule has 116 valence electrons. The summed E-state index contributed by atoms with van der Waals surface area (Å²) < 4.78 is 0. The second-order valence-corrected chi connectivity index (χ2v) is 6.06. The third kappa shape index (κ3) is 13.6. The summed E-state index contributed by atoms with van der Waals surface area (Å²) in [6, 6.07) is 0. The lowest BCUT2D eigenvalue weighted by Gasteiger charge is -2.03. The second kappa shape index (κ2) is 13.2. The first kappa shape index (κ1) is 19.2. The van der Waals surface area contributed by atoms with Crippen LogP contribution in [0.25, 0.3) is 0 Å². The molecule has 0 aliphatic heterocycles. The van der Waals surface area contributed by atoms with Crippen LogP contribution in [0, 0.1) is 0 Å². The maximum Gasteiger partial charge on any atom is 0.0614 e. The first-order valence-electron chi connectivity index (χ1n) is 8.11. The smallest absolute Gasteiger partial charge is 0.0614 e. The van der Waals surface area contributed by atoms with Crippen molar-refractivity contribution in [2.45, 2.75) is 79.1 Å². The number of unbranched alkanes of at least 4 members (excludes halogenated alkanes) is 4. The van der Waals surface area contributed by atoms with Crippen LogP contribution in [0.2, 0.25) is 0 Å². The molecule has 0 saturated heterocycles. The Labute approximate surface area is 126 Å². The zero-order valence-electron chi connectivity index (χ0n) is 14.0. The Morgan fingerprint density at radius 3 is 2.00 bits per heavy atom. The van der Waals surface area contributed by atoms with E-state index in [2.05, 4.69) is 39.8 Å². The van der Waals surface area contributed by atoms with Crippen LogP contribution in [0.1, 0.15) is 79.1 Å². The van der Waals surface area contributed by atoms with Gasteiger partial charge >= 0.3 is 0 Å². The lowest BCUT2D eigenvalue weighted by atomic mass is 10.0. The summed E-state index contributed by atoms with van der Waals surface area (Å²) in [4.78, 5) is 0. The van der Waals surface area contributed by atoms with E-state index < -0.39 is 0 Å². The van der Waals surface area contributed by atoms with Gasteiger partial charge in [-0.15, -0.1) is 0 Å². The van der Waals surface area contributed by atoms with E-state index in [4.69, 9.17) is 5.11 Å². The van der Waals surface area contributed by atoms with Crippen LogP contribution >= 0.6 is 0 Å². The molecule has 0 radical (unpaired) electrons. The van der Waals surface area contributed by atoms with E-state index in [9.17, 15) is 0 Å². The number of allylic oxidation sites excluding steroid dienone is 5. The van der Waals surface area contributed by atoms with Gasteiger partial charge in [0.1, 0.15) is 0 Å². The van der Waals surface area contributed by atoms with Crippen molar-refractivity contribution in [2.75, 3.05) is 6.61 Å². The van der Waals surface area contributed by atoms with Crippen molar-refractivity contribution >= 4 is 0 Å². The molecule has 0 amide bonds. The molecule has 1 nitrogen and oxygen atoms in total. The van der Waals surface area contributed by atoms with Crippen molar-refractivity contribution in [1.29, 1.82) is 0 Å². The SMILES string of the molecule is CC(C)=CCCCCCC/C(C)=C/CC/C(C)=C/CO. The molecular formula is C19H34O. The molecule has 0 saturated carbocycles. The molecule has 0 aromatic heterocycles. The van der Waals surface area contributed by atoms with Crippen LogP contribution in [0.15, 0.2) is 34.9 Å². The van der Waals surface area contributed by atoms with Gasteiger partial charge in [0.05, 0.1) is 6.61 Å². The molecule has 0 aliphatic rings. The predicted molar refractivity (Wildman–Crippen MR) is 91.0 cm³/mol. The fourth-order valence-corrected chi connectivity index (χ4v) is 2.20. The van der Waals surface area contributed by atoms with Crippen LogP contribution in [0.5, 0.6) is 0 Å². The van der Waals surface area contributed by atoms with Gasteiger partial charge in [-0.2, -0.15) is 0 Å². The fraction of sp³-hybridized carbons (Fsp3) is 0.684. The van der Waals surface area contributed by atoms with Gasteiger partial charge in [0.25, 0.3) is 0 Å². The molecule has 0 unspecified atom stereocenters. The molecular weight excluding hydrogens is 244 g/mol. The molecule has 1 heteroatoms. The summed E-state index contributed by atoms with van der Waals surface area (Å²) >= 11 is 0. The Morgan fingerprint density at radius 2 is 1.35 bits per heavy atom. The minimum atomic E-state index is 0.168. The summed E-state index contributed by atoms with van der Waals surface area (Å²) in [5, 5.41) is 8.78. The molecule has 0 heterocycles. The van der Waals surface area contributed by atoms with E-state index in [1.54, 1.807) is 0 Å². The molecule has 0 bridgehead atoms. The summed E-state index contributed by atoms with van der Waals surface area (Å²) in [6.07, 6.45) is 16.6. The van der Waals surface area contributed by atoms with Gasteiger partial charge in [0.15, 0.2) is 0 Å². The third-order valence-electron chi connectivity index (χ3n) is 3.55. The second-order valence-electron chi connectivity index (χ2n) is 6.06. The first-order valence-corrected chi connectivity index (χ1v) is 8.11. The van der Waals surface area contributed by atoms with Gasteiger partial charge in [-0.25, -0.2) is 0 Å². The minimum Gasteiger partial charge on any atom is -0.392 e. The summed E-state index contributed by atoms with van der Waals surface area (Å²) in [6.45, 7) is 8.85. The highest BCUT2D eigenvalue weighted by Crippen LogP contribution is 2.13. The van der Waals surface area contributed by atoms with E-state index in [0.717, 1.165) is 12.8 Å². The van der Waals surface area contributed by atoms with Crippen molar-refractivity contribution in [3.8, 4) is 0 Å². The molecule has 0 atom stereocenters. The van der Waals surface area contributed by atoms with Crippen LogP contribution in [-0.2, 0) is 0 Å². The highest BCUT2D eigenvalue weighted by atomic mass is 16.2. The predicted octanol–water partition coefficient (Wildman–Crippen LogP) is 5.96. The van der Waals surface area contributed by atoms with E-state index in [1.165, 1.54) is 55.2 Å². The highest BCUT2D eigenvalue weighted by molar-refractivity contribution is 5.03. The van der Waals surface area contributed by atoms with Crippen molar-refractivity contribution in [2.24, 2.45) is 0 Å². The number of hydrogen-bond acceptors (Lipinski definition) is 1. The maximum atomic E-state index is 8.78. The Bertz CT molecular complexity index is 317. The molecule has 0 aromatic rings. The zero-order valence-corrected chi connectivity index (χ0v) is 14.0. The zero-order chi connectivity index (χ0) is 15.2. The van der Waals surface area contributed by atoms with Crippen LogP contribution in [0.4, 0.5) is 0 Å². The monoisotopic (exact) mass is 278 g/mol. The van der Waals surface area contributed by atoms with Gasteiger partial charge in [-0.3, -0.25) is 0 Å². The maximum absolute atomic E-state index is 8.78. The molecule has 0 spiro atoms. The Morgan fingerprint density at radius 1 is 0.700 bits per heavy atom. The van der Waals surface area contributed by atoms with E-state index in [0.29, 0.717) is 0 Å². The molecule has 0 fully saturated rings. The van der Waals surface area contributed by atoms with Gasteiger partial charge in [0, 0.05) is 0 Å². The molecule has 1 N–H and O–H groups in total. The minimum absolute atomic E-state index is 0.168.